The van der Waals surface area contributed by atoms with Crippen molar-refractivity contribution >= 4 is 23.1 Å². The number of hydrogen-bond donors (Lipinski definition) is 1. The first-order chi connectivity index (χ1) is 17.7. The number of anilines is 1. The second-order valence-electron chi connectivity index (χ2n) is 8.99. The van der Waals surface area contributed by atoms with Gasteiger partial charge in [0.25, 0.3) is 11.7 Å². The lowest BCUT2D eigenvalue weighted by atomic mass is 9.92. The Labute approximate surface area is 216 Å². The standard InChI is InChI=1S/C30H31NO6/c1-7-37-23-12-11-20(16-25(23)36-6)27-26(28(32)22-14-19(4)24(35-5)15-18(22)3)29(33)30(34)31(27)21-10-8-9-17(2)13-21/h8-16,27,32H,7H2,1-6H3/b28-26+. The molecule has 1 aliphatic rings. The summed E-state index contributed by atoms with van der Waals surface area (Å²) in [4.78, 5) is 28.4. The molecule has 1 heterocycles. The van der Waals surface area contributed by atoms with Crippen LogP contribution in [0.25, 0.3) is 5.76 Å². The van der Waals surface area contributed by atoms with E-state index in [1.165, 1.54) is 12.0 Å². The summed E-state index contributed by atoms with van der Waals surface area (Å²) < 4.78 is 16.6. The van der Waals surface area contributed by atoms with Gasteiger partial charge in [-0.25, -0.2) is 0 Å². The van der Waals surface area contributed by atoms with Crippen LogP contribution in [0.5, 0.6) is 17.2 Å². The molecule has 1 saturated heterocycles. The fourth-order valence-electron chi connectivity index (χ4n) is 4.73. The molecule has 1 atom stereocenters. The lowest BCUT2D eigenvalue weighted by molar-refractivity contribution is -0.132. The van der Waals surface area contributed by atoms with Crippen LogP contribution in [-0.2, 0) is 9.59 Å². The van der Waals surface area contributed by atoms with E-state index < -0.39 is 17.7 Å². The predicted molar refractivity (Wildman–Crippen MR) is 143 cm³/mol. The van der Waals surface area contributed by atoms with Gasteiger partial charge in [0.15, 0.2) is 11.5 Å². The van der Waals surface area contributed by atoms with Crippen molar-refractivity contribution in [1.82, 2.24) is 0 Å². The molecule has 0 saturated carbocycles. The zero-order chi connectivity index (χ0) is 26.9. The van der Waals surface area contributed by atoms with E-state index in [1.54, 1.807) is 43.5 Å². The molecule has 0 spiro atoms. The first kappa shape index (κ1) is 25.8. The Bertz CT molecular complexity index is 1410. The molecule has 3 aromatic carbocycles. The van der Waals surface area contributed by atoms with Gasteiger partial charge in [-0.1, -0.05) is 18.2 Å². The highest BCUT2D eigenvalue weighted by molar-refractivity contribution is 6.51. The third-order valence-corrected chi connectivity index (χ3v) is 6.52. The topological polar surface area (TPSA) is 85.3 Å². The Morgan fingerprint density at radius 1 is 0.892 bits per heavy atom. The molecular weight excluding hydrogens is 470 g/mol. The predicted octanol–water partition coefficient (Wildman–Crippen LogP) is 5.65. The number of ketones is 1. The summed E-state index contributed by atoms with van der Waals surface area (Å²) in [6, 6.07) is 15.3. The number of methoxy groups -OCH3 is 2. The molecule has 7 heteroatoms. The summed E-state index contributed by atoms with van der Waals surface area (Å²) >= 11 is 0. The number of aliphatic hydroxyl groups excluding tert-OH is 1. The van der Waals surface area contributed by atoms with Crippen LogP contribution in [0.1, 0.15) is 40.8 Å². The first-order valence-corrected chi connectivity index (χ1v) is 12.1. The molecular formula is C30H31NO6. The van der Waals surface area contributed by atoms with Gasteiger partial charge < -0.3 is 19.3 Å². The van der Waals surface area contributed by atoms with Crippen molar-refractivity contribution in [2.24, 2.45) is 0 Å². The fraction of sp³-hybridized carbons (Fsp3) is 0.267. The minimum absolute atomic E-state index is 0.00499. The minimum Gasteiger partial charge on any atom is -0.507 e. The van der Waals surface area contributed by atoms with Crippen molar-refractivity contribution in [2.75, 3.05) is 25.7 Å². The number of carbonyl (C=O) groups is 2. The van der Waals surface area contributed by atoms with Crippen molar-refractivity contribution in [3.8, 4) is 17.2 Å². The molecule has 1 aliphatic heterocycles. The highest BCUT2D eigenvalue weighted by Crippen LogP contribution is 2.45. The van der Waals surface area contributed by atoms with E-state index >= 15 is 0 Å². The van der Waals surface area contributed by atoms with E-state index in [-0.39, 0.29) is 11.3 Å². The molecule has 0 bridgehead atoms. The second kappa shape index (κ2) is 10.4. The maximum Gasteiger partial charge on any atom is 0.300 e. The molecule has 37 heavy (non-hydrogen) atoms. The SMILES string of the molecule is CCOc1ccc(C2/C(=C(\O)c3cc(C)c(OC)cc3C)C(=O)C(=O)N2c2cccc(C)c2)cc1OC. The number of Topliss-reactive ketones (excluding diaryl/α,β-unsaturated/α-hetero) is 1. The Kier molecular flexibility index (Phi) is 7.25. The van der Waals surface area contributed by atoms with E-state index in [0.29, 0.717) is 46.2 Å². The molecule has 1 amide bonds. The molecule has 0 aromatic heterocycles. The second-order valence-corrected chi connectivity index (χ2v) is 8.99. The summed E-state index contributed by atoms with van der Waals surface area (Å²) in [6.45, 7) is 7.92. The van der Waals surface area contributed by atoms with Gasteiger partial charge in [0.2, 0.25) is 0 Å². The van der Waals surface area contributed by atoms with Crippen molar-refractivity contribution in [2.45, 2.75) is 33.7 Å². The number of hydrogen-bond acceptors (Lipinski definition) is 6. The average molecular weight is 502 g/mol. The molecule has 0 radical (unpaired) electrons. The number of ether oxygens (including phenoxy) is 3. The minimum atomic E-state index is -0.881. The monoisotopic (exact) mass is 501 g/mol. The number of benzene rings is 3. The van der Waals surface area contributed by atoms with Crippen LogP contribution in [0.4, 0.5) is 5.69 Å². The zero-order valence-corrected chi connectivity index (χ0v) is 21.9. The normalized spacial score (nSPS) is 16.7. The molecule has 1 N–H and O–H groups in total. The van der Waals surface area contributed by atoms with Gasteiger partial charge in [-0.3, -0.25) is 14.5 Å². The highest BCUT2D eigenvalue weighted by atomic mass is 16.5. The fourth-order valence-corrected chi connectivity index (χ4v) is 4.73. The third-order valence-electron chi connectivity index (χ3n) is 6.52. The van der Waals surface area contributed by atoms with Gasteiger partial charge in [0.1, 0.15) is 11.5 Å². The van der Waals surface area contributed by atoms with Crippen LogP contribution in [0.3, 0.4) is 0 Å². The summed E-state index contributed by atoms with van der Waals surface area (Å²) in [6.07, 6.45) is 0. The number of nitrogens with zero attached hydrogens (tertiary/aromatic N) is 1. The first-order valence-electron chi connectivity index (χ1n) is 12.1. The van der Waals surface area contributed by atoms with Crippen molar-refractivity contribution < 1.29 is 28.9 Å². The number of aliphatic hydroxyl groups is 1. The van der Waals surface area contributed by atoms with E-state index in [0.717, 1.165) is 11.1 Å². The lowest BCUT2D eigenvalue weighted by Gasteiger charge is -2.26. The van der Waals surface area contributed by atoms with E-state index in [2.05, 4.69) is 0 Å². The quantitative estimate of drug-likeness (QED) is 0.256. The summed E-state index contributed by atoms with van der Waals surface area (Å²) in [5, 5.41) is 11.6. The third kappa shape index (κ3) is 4.65. The van der Waals surface area contributed by atoms with Gasteiger partial charge in [0.05, 0.1) is 32.4 Å². The molecule has 1 unspecified atom stereocenters. The van der Waals surface area contributed by atoms with Gasteiger partial charge in [-0.15, -0.1) is 0 Å². The van der Waals surface area contributed by atoms with Crippen molar-refractivity contribution in [3.05, 3.63) is 88.0 Å². The van der Waals surface area contributed by atoms with Crippen LogP contribution in [0.2, 0.25) is 0 Å². The van der Waals surface area contributed by atoms with Crippen LogP contribution in [0.15, 0.2) is 60.2 Å². The Hall–Kier alpha value is -4.26. The van der Waals surface area contributed by atoms with Crippen molar-refractivity contribution in [3.63, 3.8) is 0 Å². The number of aryl methyl sites for hydroxylation is 3. The molecule has 7 nitrogen and oxygen atoms in total. The molecule has 0 aliphatic carbocycles. The van der Waals surface area contributed by atoms with Gasteiger partial charge >= 0.3 is 0 Å². The molecule has 4 rings (SSSR count). The number of amides is 1. The van der Waals surface area contributed by atoms with E-state index in [4.69, 9.17) is 14.2 Å². The van der Waals surface area contributed by atoms with E-state index in [9.17, 15) is 14.7 Å². The summed E-state index contributed by atoms with van der Waals surface area (Å²) in [5.74, 6) is -0.0391. The largest absolute Gasteiger partial charge is 0.507 e. The average Bonchev–Trinajstić information content (AvgIpc) is 3.15. The van der Waals surface area contributed by atoms with Gasteiger partial charge in [0, 0.05) is 11.3 Å². The Balaban J connectivity index is 1.99. The highest BCUT2D eigenvalue weighted by Gasteiger charge is 2.47. The van der Waals surface area contributed by atoms with Crippen LogP contribution in [0, 0.1) is 20.8 Å². The Morgan fingerprint density at radius 2 is 1.62 bits per heavy atom. The van der Waals surface area contributed by atoms with Crippen LogP contribution in [-0.4, -0.2) is 37.6 Å². The number of carbonyl (C=O) groups excluding carboxylic acids is 2. The van der Waals surface area contributed by atoms with Crippen LogP contribution >= 0.6 is 0 Å². The zero-order valence-electron chi connectivity index (χ0n) is 21.9. The van der Waals surface area contributed by atoms with Crippen molar-refractivity contribution in [1.29, 1.82) is 0 Å². The molecule has 192 valence electrons. The molecule has 1 fully saturated rings. The van der Waals surface area contributed by atoms with Gasteiger partial charge in [-0.05, 0) is 86.3 Å². The Morgan fingerprint density at radius 3 is 2.27 bits per heavy atom. The maximum atomic E-state index is 13.5. The smallest absolute Gasteiger partial charge is 0.300 e. The lowest BCUT2D eigenvalue weighted by Crippen LogP contribution is -2.29. The van der Waals surface area contributed by atoms with Gasteiger partial charge in [-0.2, -0.15) is 0 Å². The summed E-state index contributed by atoms with van der Waals surface area (Å²) in [5.41, 5.74) is 4.07. The molecule has 3 aromatic rings. The number of rotatable bonds is 7. The van der Waals surface area contributed by atoms with E-state index in [1.807, 2.05) is 45.9 Å². The van der Waals surface area contributed by atoms with Crippen LogP contribution < -0.4 is 19.1 Å². The summed E-state index contributed by atoms with van der Waals surface area (Å²) in [7, 11) is 3.11. The maximum absolute atomic E-state index is 13.5.